The summed E-state index contributed by atoms with van der Waals surface area (Å²) in [6.45, 7) is 11.1. The first-order valence-corrected chi connectivity index (χ1v) is 14.7. The Hall–Kier alpha value is -2.41. The van der Waals surface area contributed by atoms with E-state index in [0.29, 0.717) is 25.3 Å². The molecule has 3 fully saturated rings. The molecule has 3 aliphatic rings. The van der Waals surface area contributed by atoms with Crippen LogP contribution in [0.15, 0.2) is 16.6 Å². The third kappa shape index (κ3) is 6.07. The van der Waals surface area contributed by atoms with E-state index < -0.39 is 35.1 Å². The molecule has 13 heteroatoms. The van der Waals surface area contributed by atoms with Crippen LogP contribution in [0.4, 0.5) is 28.2 Å². The molecule has 0 N–H and O–H groups in total. The van der Waals surface area contributed by atoms with E-state index in [-0.39, 0.29) is 46.6 Å². The molecule has 0 saturated carbocycles. The van der Waals surface area contributed by atoms with Crippen LogP contribution in [0.2, 0.25) is 0 Å². The van der Waals surface area contributed by atoms with Crippen LogP contribution in [0.5, 0.6) is 6.01 Å². The molecular formula is C28H36BrF4N5O3. The lowest BCUT2D eigenvalue weighted by Crippen LogP contribution is -2.59. The lowest BCUT2D eigenvalue weighted by molar-refractivity contribution is -0.138. The third-order valence-electron chi connectivity index (χ3n) is 8.17. The van der Waals surface area contributed by atoms with Gasteiger partial charge in [0.25, 0.3) is 0 Å². The van der Waals surface area contributed by atoms with Crippen LogP contribution >= 0.6 is 15.9 Å². The largest absolute Gasteiger partial charge is 0.461 e. The second-order valence-corrected chi connectivity index (χ2v) is 13.4. The number of aromatic nitrogens is 2. The monoisotopic (exact) mass is 645 g/mol. The molecular weight excluding hydrogens is 610 g/mol. The van der Waals surface area contributed by atoms with Crippen molar-refractivity contribution < 1.29 is 31.8 Å². The fraction of sp³-hybridized carbons (Fsp3) is 0.679. The molecule has 1 aromatic carbocycles. The maximum atomic E-state index is 14.3. The number of amides is 1. The second kappa shape index (κ2) is 10.7. The predicted molar refractivity (Wildman–Crippen MR) is 150 cm³/mol. The van der Waals surface area contributed by atoms with E-state index in [0.717, 1.165) is 25.5 Å². The van der Waals surface area contributed by atoms with E-state index in [1.807, 2.05) is 18.7 Å². The van der Waals surface area contributed by atoms with Crippen molar-refractivity contribution in [2.75, 3.05) is 37.7 Å². The molecule has 3 aliphatic heterocycles. The molecule has 4 atom stereocenters. The van der Waals surface area contributed by atoms with Crippen LogP contribution in [0.3, 0.4) is 0 Å². The maximum absolute atomic E-state index is 14.3. The van der Waals surface area contributed by atoms with Gasteiger partial charge in [-0.05, 0) is 66.1 Å². The molecule has 1 aromatic heterocycles. The molecule has 5 rings (SSSR count). The van der Waals surface area contributed by atoms with E-state index in [4.69, 9.17) is 9.47 Å². The van der Waals surface area contributed by atoms with Gasteiger partial charge in [0.2, 0.25) is 0 Å². The fourth-order valence-electron chi connectivity index (χ4n) is 6.26. The third-order valence-corrected chi connectivity index (χ3v) is 8.82. The van der Waals surface area contributed by atoms with Gasteiger partial charge in [-0.3, -0.25) is 4.90 Å². The van der Waals surface area contributed by atoms with Crippen molar-refractivity contribution >= 4 is 38.7 Å². The molecule has 0 aliphatic carbocycles. The number of carbonyl (C=O) groups excluding carboxylic acids is 1. The maximum Gasteiger partial charge on any atom is 0.417 e. The summed E-state index contributed by atoms with van der Waals surface area (Å²) in [4.78, 5) is 27.6. The van der Waals surface area contributed by atoms with Gasteiger partial charge in [0.15, 0.2) is 0 Å². The highest BCUT2D eigenvalue weighted by Crippen LogP contribution is 2.42. The molecule has 1 amide bonds. The Labute approximate surface area is 245 Å². The first-order chi connectivity index (χ1) is 19.1. The molecule has 0 bridgehead atoms. The number of benzene rings is 1. The van der Waals surface area contributed by atoms with Gasteiger partial charge >= 0.3 is 18.3 Å². The highest BCUT2D eigenvalue weighted by molar-refractivity contribution is 9.10. The minimum Gasteiger partial charge on any atom is -0.461 e. The number of piperazine rings is 1. The molecule has 41 heavy (non-hydrogen) atoms. The molecule has 0 spiro atoms. The Bertz CT molecular complexity index is 1320. The Balaban J connectivity index is 1.50. The highest BCUT2D eigenvalue weighted by Gasteiger charge is 2.49. The molecule has 2 aromatic rings. The predicted octanol–water partition coefficient (Wildman–Crippen LogP) is 6.20. The first kappa shape index (κ1) is 30.1. The van der Waals surface area contributed by atoms with Crippen LogP contribution in [-0.4, -0.2) is 88.0 Å². The van der Waals surface area contributed by atoms with Gasteiger partial charge < -0.3 is 19.3 Å². The van der Waals surface area contributed by atoms with Crippen molar-refractivity contribution in [3.05, 3.63) is 22.2 Å². The quantitative estimate of drug-likeness (QED) is 0.367. The normalized spacial score (nSPS) is 27.4. The Morgan fingerprint density at radius 1 is 1.12 bits per heavy atom. The van der Waals surface area contributed by atoms with Crippen molar-refractivity contribution in [3.63, 3.8) is 0 Å². The molecule has 4 heterocycles. The second-order valence-electron chi connectivity index (χ2n) is 12.5. The molecule has 8 nitrogen and oxygen atoms in total. The van der Waals surface area contributed by atoms with Crippen molar-refractivity contribution in [1.82, 2.24) is 19.8 Å². The van der Waals surface area contributed by atoms with E-state index in [9.17, 15) is 22.4 Å². The summed E-state index contributed by atoms with van der Waals surface area (Å²) in [5.74, 6) is 0.293. The van der Waals surface area contributed by atoms with E-state index >= 15 is 0 Å². The van der Waals surface area contributed by atoms with E-state index in [1.54, 1.807) is 25.7 Å². The smallest absolute Gasteiger partial charge is 0.417 e. The van der Waals surface area contributed by atoms with Crippen LogP contribution < -0.4 is 9.64 Å². The fourth-order valence-corrected chi connectivity index (χ4v) is 6.81. The van der Waals surface area contributed by atoms with Gasteiger partial charge in [0.1, 0.15) is 24.2 Å². The van der Waals surface area contributed by atoms with Gasteiger partial charge in [-0.1, -0.05) is 15.9 Å². The van der Waals surface area contributed by atoms with Gasteiger partial charge in [0, 0.05) is 48.0 Å². The van der Waals surface area contributed by atoms with Crippen LogP contribution in [0, 0.1) is 0 Å². The number of hydrogen-bond acceptors (Lipinski definition) is 7. The number of halogens is 5. The lowest BCUT2D eigenvalue weighted by Gasteiger charge is -2.45. The average Bonchev–Trinajstić information content (AvgIpc) is 3.36. The number of alkyl halides is 4. The molecule has 0 radical (unpaired) electrons. The van der Waals surface area contributed by atoms with E-state index in [1.165, 1.54) is 6.07 Å². The van der Waals surface area contributed by atoms with E-state index in [2.05, 4.69) is 30.8 Å². The summed E-state index contributed by atoms with van der Waals surface area (Å²) in [5, 5.41) is 0.225. The van der Waals surface area contributed by atoms with Gasteiger partial charge in [-0.15, -0.1) is 0 Å². The summed E-state index contributed by atoms with van der Waals surface area (Å²) < 4.78 is 67.5. The van der Waals surface area contributed by atoms with Crippen molar-refractivity contribution in [2.24, 2.45) is 0 Å². The number of ether oxygens (including phenoxy) is 2. The van der Waals surface area contributed by atoms with Gasteiger partial charge in [-0.2, -0.15) is 23.1 Å². The Morgan fingerprint density at radius 3 is 2.54 bits per heavy atom. The number of hydrogen-bond donors (Lipinski definition) is 0. The summed E-state index contributed by atoms with van der Waals surface area (Å²) in [6, 6.07) is 1.80. The minimum atomic E-state index is -4.59. The van der Waals surface area contributed by atoms with Crippen LogP contribution in [0.1, 0.15) is 59.4 Å². The number of nitrogens with zero attached hydrogens (tertiary/aromatic N) is 5. The number of anilines is 1. The topological polar surface area (TPSA) is 71.0 Å². The zero-order chi connectivity index (χ0) is 29.9. The van der Waals surface area contributed by atoms with Crippen LogP contribution in [-0.2, 0) is 10.9 Å². The van der Waals surface area contributed by atoms with Gasteiger partial charge in [-0.25, -0.2) is 9.18 Å². The molecule has 226 valence electrons. The van der Waals surface area contributed by atoms with Crippen molar-refractivity contribution in [3.8, 4) is 6.01 Å². The Morgan fingerprint density at radius 2 is 1.85 bits per heavy atom. The standard InChI is InChI=1S/C28H36BrF4N5O3/c1-16-13-38(25(39)41-26(3,4)5)17(2)12-37(16)23-19-9-20(28(31,32)33)21(29)10-22(19)34-24(35-23)40-15-27-7-6-8-36(27)14-18(30)11-27/h9-10,16-18H,6-8,11-15H2,1-5H3/t16-,17+,18+,27-/m0/s1. The zero-order valence-corrected chi connectivity index (χ0v) is 25.5. The van der Waals surface area contributed by atoms with Gasteiger partial charge in [0.05, 0.1) is 16.6 Å². The Kier molecular flexibility index (Phi) is 7.84. The number of carbonyl (C=O) groups is 1. The summed E-state index contributed by atoms with van der Waals surface area (Å²) in [7, 11) is 0. The number of fused-ring (bicyclic) bond motifs is 2. The zero-order valence-electron chi connectivity index (χ0n) is 23.9. The SMILES string of the molecule is C[C@@H]1CN(c2nc(OC[C@@]34CCCN3C[C@H](F)C4)nc3cc(Br)c(C(F)(F)F)cc23)[C@@H](C)CN1C(=O)OC(C)(C)C. The lowest BCUT2D eigenvalue weighted by atomic mass is 9.95. The molecule has 3 saturated heterocycles. The molecule has 0 unspecified atom stereocenters. The average molecular weight is 647 g/mol. The summed E-state index contributed by atoms with van der Waals surface area (Å²) in [6.07, 6.45) is -3.84. The van der Waals surface area contributed by atoms with Crippen LogP contribution in [0.25, 0.3) is 10.9 Å². The number of rotatable bonds is 4. The van der Waals surface area contributed by atoms with Crippen molar-refractivity contribution in [2.45, 2.75) is 89.5 Å². The first-order valence-electron chi connectivity index (χ1n) is 13.9. The van der Waals surface area contributed by atoms with Crippen molar-refractivity contribution in [1.29, 1.82) is 0 Å². The summed E-state index contributed by atoms with van der Waals surface area (Å²) >= 11 is 3.06. The highest BCUT2D eigenvalue weighted by atomic mass is 79.9. The minimum absolute atomic E-state index is 0.0251. The summed E-state index contributed by atoms with van der Waals surface area (Å²) in [5.41, 5.74) is -1.64.